The number of phenolic OH excluding ortho intramolecular Hbond substituents is 1. The van der Waals surface area contributed by atoms with Gasteiger partial charge in [-0.3, -0.25) is 9.78 Å². The van der Waals surface area contributed by atoms with Crippen molar-refractivity contribution in [2.24, 2.45) is 0 Å². The smallest absolute Gasteiger partial charge is 0.254 e. The van der Waals surface area contributed by atoms with E-state index in [1.165, 1.54) is 11.9 Å². The number of nitrogens with one attached hydrogen (secondary N) is 1. The predicted octanol–water partition coefficient (Wildman–Crippen LogP) is 4.96. The number of benzene rings is 3. The highest BCUT2D eigenvalue weighted by Crippen LogP contribution is 2.29. The Kier molecular flexibility index (Phi) is 5.56. The number of ether oxygens (including phenoxy) is 1. The summed E-state index contributed by atoms with van der Waals surface area (Å²) in [5.41, 5.74) is 2.50. The highest BCUT2D eigenvalue weighted by atomic mass is 32.2. The Balaban J connectivity index is 1.16. The number of phenols is 1. The van der Waals surface area contributed by atoms with Crippen molar-refractivity contribution in [2.45, 2.75) is 11.0 Å². The molecular formula is C25H21N3O3S. The van der Waals surface area contributed by atoms with Crippen LogP contribution in [0.1, 0.15) is 10.4 Å². The monoisotopic (exact) mass is 443 g/mol. The third-order valence-electron chi connectivity index (χ3n) is 5.30. The van der Waals surface area contributed by atoms with E-state index in [2.05, 4.69) is 9.71 Å². The van der Waals surface area contributed by atoms with Crippen LogP contribution in [0.25, 0.3) is 10.9 Å². The molecule has 2 heterocycles. The molecule has 4 aromatic rings. The van der Waals surface area contributed by atoms with Gasteiger partial charge in [-0.25, -0.2) is 0 Å². The fraction of sp³-hybridized carbons (Fsp3) is 0.120. The summed E-state index contributed by atoms with van der Waals surface area (Å²) in [5.74, 6) is 0.524. The number of fused-ring (bicyclic) bond motifs is 1. The number of para-hydroxylation sites is 3. The summed E-state index contributed by atoms with van der Waals surface area (Å²) >= 11 is 1.50. The van der Waals surface area contributed by atoms with Crippen molar-refractivity contribution in [2.75, 3.05) is 17.8 Å². The van der Waals surface area contributed by atoms with Crippen LogP contribution in [-0.2, 0) is 0 Å². The summed E-state index contributed by atoms with van der Waals surface area (Å²) in [4.78, 5) is 20.0. The molecule has 5 rings (SSSR count). The Morgan fingerprint density at radius 2 is 1.78 bits per heavy atom. The first kappa shape index (κ1) is 20.2. The lowest BCUT2D eigenvalue weighted by Gasteiger charge is -2.39. The normalized spacial score (nSPS) is 13.6. The maximum atomic E-state index is 12.7. The molecule has 0 atom stereocenters. The minimum Gasteiger partial charge on any atom is -0.504 e. The van der Waals surface area contributed by atoms with E-state index in [-0.39, 0.29) is 17.8 Å². The van der Waals surface area contributed by atoms with E-state index in [0.717, 1.165) is 21.5 Å². The number of aromatic nitrogens is 1. The quantitative estimate of drug-likeness (QED) is 0.410. The van der Waals surface area contributed by atoms with Gasteiger partial charge in [0.25, 0.3) is 5.91 Å². The molecule has 1 amide bonds. The van der Waals surface area contributed by atoms with Crippen LogP contribution in [-0.4, -0.2) is 40.1 Å². The molecule has 0 unspecified atom stereocenters. The summed E-state index contributed by atoms with van der Waals surface area (Å²) in [6, 6.07) is 24.4. The molecule has 1 saturated heterocycles. The number of likely N-dealkylation sites (tertiary alicyclic amines) is 1. The average Bonchev–Trinajstić information content (AvgIpc) is 2.81. The van der Waals surface area contributed by atoms with E-state index in [0.29, 0.717) is 24.4 Å². The van der Waals surface area contributed by atoms with Crippen LogP contribution in [0, 0.1) is 0 Å². The Morgan fingerprint density at radius 3 is 2.59 bits per heavy atom. The molecule has 1 aliphatic heterocycles. The lowest BCUT2D eigenvalue weighted by atomic mass is 10.1. The summed E-state index contributed by atoms with van der Waals surface area (Å²) < 4.78 is 9.08. The molecule has 6 nitrogen and oxygen atoms in total. The number of rotatable bonds is 6. The molecule has 1 aliphatic rings. The minimum absolute atomic E-state index is 0.0282. The molecule has 0 bridgehead atoms. The van der Waals surface area contributed by atoms with Crippen LogP contribution in [0.3, 0.4) is 0 Å². The Hall–Kier alpha value is -3.71. The molecule has 1 aromatic heterocycles. The van der Waals surface area contributed by atoms with Gasteiger partial charge >= 0.3 is 0 Å². The van der Waals surface area contributed by atoms with Gasteiger partial charge in [-0.05, 0) is 60.5 Å². The standard InChI is InChI=1S/C25H21N3O3S/c29-21-7-1-2-8-22(21)31-20-15-28(16-20)25(30)18-10-12-19(13-11-18)27-32-23-9-3-5-17-6-4-14-26-24(17)23/h1-14,20,27,29H,15-16H2. The molecule has 0 radical (unpaired) electrons. The van der Waals surface area contributed by atoms with Crippen molar-refractivity contribution in [1.29, 1.82) is 0 Å². The molecule has 2 N–H and O–H groups in total. The first-order valence-corrected chi connectivity index (χ1v) is 11.1. The molecule has 1 fully saturated rings. The Labute approximate surface area is 190 Å². The molecule has 160 valence electrons. The lowest BCUT2D eigenvalue weighted by molar-refractivity contribution is 0.0169. The van der Waals surface area contributed by atoms with Gasteiger partial charge in [-0.15, -0.1) is 0 Å². The maximum Gasteiger partial charge on any atom is 0.254 e. The van der Waals surface area contributed by atoms with E-state index in [1.54, 1.807) is 35.4 Å². The van der Waals surface area contributed by atoms with E-state index in [1.807, 2.05) is 54.6 Å². The van der Waals surface area contributed by atoms with Crippen molar-refractivity contribution in [1.82, 2.24) is 9.88 Å². The largest absolute Gasteiger partial charge is 0.504 e. The SMILES string of the molecule is O=C(c1ccc(NSc2cccc3cccnc23)cc1)N1CC(Oc2ccccc2O)C1. The van der Waals surface area contributed by atoms with Gasteiger partial charge in [0.15, 0.2) is 11.5 Å². The molecule has 0 spiro atoms. The van der Waals surface area contributed by atoms with Gasteiger partial charge in [0.1, 0.15) is 6.10 Å². The van der Waals surface area contributed by atoms with Crippen LogP contribution in [0.4, 0.5) is 5.69 Å². The van der Waals surface area contributed by atoms with E-state index >= 15 is 0 Å². The summed E-state index contributed by atoms with van der Waals surface area (Å²) in [6.07, 6.45) is 1.68. The van der Waals surface area contributed by atoms with Gasteiger partial charge in [0.2, 0.25) is 0 Å². The fourth-order valence-electron chi connectivity index (χ4n) is 3.55. The zero-order valence-electron chi connectivity index (χ0n) is 17.1. The zero-order chi connectivity index (χ0) is 21.9. The third-order valence-corrected chi connectivity index (χ3v) is 6.19. The second-order valence-corrected chi connectivity index (χ2v) is 8.38. The summed E-state index contributed by atoms with van der Waals surface area (Å²) in [7, 11) is 0. The van der Waals surface area contributed by atoms with Crippen LogP contribution in [0.15, 0.2) is 90.0 Å². The number of anilines is 1. The molecule has 0 aliphatic carbocycles. The number of carbonyl (C=O) groups is 1. The van der Waals surface area contributed by atoms with Crippen molar-refractivity contribution >= 4 is 34.4 Å². The van der Waals surface area contributed by atoms with Gasteiger partial charge in [-0.1, -0.05) is 30.3 Å². The number of amides is 1. The number of pyridine rings is 1. The number of hydrogen-bond donors (Lipinski definition) is 2. The maximum absolute atomic E-state index is 12.7. The van der Waals surface area contributed by atoms with E-state index in [4.69, 9.17) is 4.74 Å². The Bertz CT molecular complexity index is 1250. The average molecular weight is 444 g/mol. The molecule has 32 heavy (non-hydrogen) atoms. The second kappa shape index (κ2) is 8.80. The number of nitrogens with zero attached hydrogens (tertiary/aromatic N) is 2. The highest BCUT2D eigenvalue weighted by molar-refractivity contribution is 8.00. The van der Waals surface area contributed by atoms with E-state index in [9.17, 15) is 9.90 Å². The van der Waals surface area contributed by atoms with Gasteiger partial charge in [0.05, 0.1) is 23.5 Å². The summed E-state index contributed by atoms with van der Waals surface area (Å²) in [5, 5.41) is 10.9. The van der Waals surface area contributed by atoms with Gasteiger partial charge < -0.3 is 19.5 Å². The first-order chi connectivity index (χ1) is 15.7. The minimum atomic E-state index is -0.112. The topological polar surface area (TPSA) is 74.7 Å². The van der Waals surface area contributed by atoms with E-state index < -0.39 is 0 Å². The first-order valence-electron chi connectivity index (χ1n) is 10.3. The van der Waals surface area contributed by atoms with Crippen molar-refractivity contribution in [3.63, 3.8) is 0 Å². The fourth-order valence-corrected chi connectivity index (χ4v) is 4.33. The van der Waals surface area contributed by atoms with Crippen LogP contribution >= 0.6 is 11.9 Å². The lowest BCUT2D eigenvalue weighted by Crippen LogP contribution is -2.56. The van der Waals surface area contributed by atoms with Gasteiger partial charge in [0, 0.05) is 22.8 Å². The highest BCUT2D eigenvalue weighted by Gasteiger charge is 2.33. The van der Waals surface area contributed by atoms with Crippen molar-refractivity contribution in [3.8, 4) is 11.5 Å². The van der Waals surface area contributed by atoms with Crippen LogP contribution < -0.4 is 9.46 Å². The zero-order valence-corrected chi connectivity index (χ0v) is 18.0. The number of carbonyl (C=O) groups excluding carboxylic acids is 1. The molecule has 7 heteroatoms. The predicted molar refractivity (Wildman–Crippen MR) is 126 cm³/mol. The van der Waals surface area contributed by atoms with Crippen LogP contribution in [0.2, 0.25) is 0 Å². The third kappa shape index (κ3) is 4.20. The molecule has 3 aromatic carbocycles. The van der Waals surface area contributed by atoms with Crippen molar-refractivity contribution in [3.05, 3.63) is 90.6 Å². The van der Waals surface area contributed by atoms with Crippen molar-refractivity contribution < 1.29 is 14.6 Å². The second-order valence-electron chi connectivity index (χ2n) is 7.53. The van der Waals surface area contributed by atoms with Crippen LogP contribution in [0.5, 0.6) is 11.5 Å². The summed E-state index contributed by atoms with van der Waals surface area (Å²) in [6.45, 7) is 0.994. The molecular weight excluding hydrogens is 422 g/mol. The van der Waals surface area contributed by atoms with Gasteiger partial charge in [-0.2, -0.15) is 0 Å². The Morgan fingerprint density at radius 1 is 1.00 bits per heavy atom. The number of hydrogen-bond acceptors (Lipinski definition) is 6. The molecule has 0 saturated carbocycles. The number of aromatic hydroxyl groups is 1.